The van der Waals surface area contributed by atoms with Crippen LogP contribution in [0.15, 0.2) is 54.1 Å². The van der Waals surface area contributed by atoms with Crippen LogP contribution in [0.25, 0.3) is 5.57 Å². The zero-order valence-electron chi connectivity index (χ0n) is 18.5. The van der Waals surface area contributed by atoms with Crippen LogP contribution in [0.2, 0.25) is 0 Å². The molecule has 0 spiro atoms. The fourth-order valence-corrected chi connectivity index (χ4v) is 2.97. The third kappa shape index (κ3) is 8.10. The number of hydrogen-bond donors (Lipinski definition) is 2. The minimum absolute atomic E-state index is 0.102. The average Bonchev–Trinajstić information content (AvgIpc) is 2.78. The van der Waals surface area contributed by atoms with Crippen molar-refractivity contribution in [2.24, 2.45) is 5.92 Å². The van der Waals surface area contributed by atoms with Crippen molar-refractivity contribution in [3.8, 4) is 23.8 Å². The predicted molar refractivity (Wildman–Crippen MR) is 123 cm³/mol. The molecule has 0 amide bonds. The second-order valence-corrected chi connectivity index (χ2v) is 7.71. The number of aliphatic hydroxyl groups is 2. The Morgan fingerprint density at radius 1 is 0.903 bits per heavy atom. The first kappa shape index (κ1) is 24.5. The lowest BCUT2D eigenvalue weighted by atomic mass is 9.94. The van der Waals surface area contributed by atoms with E-state index in [2.05, 4.69) is 19.8 Å². The summed E-state index contributed by atoms with van der Waals surface area (Å²) in [5.41, 5.74) is 4.51. The highest BCUT2D eigenvalue weighted by Gasteiger charge is 2.10. The van der Waals surface area contributed by atoms with Gasteiger partial charge in [-0.15, -0.1) is 6.42 Å². The van der Waals surface area contributed by atoms with Crippen LogP contribution in [0.4, 0.5) is 0 Å². The fourth-order valence-electron chi connectivity index (χ4n) is 2.97. The Morgan fingerprint density at radius 3 is 1.87 bits per heavy atom. The summed E-state index contributed by atoms with van der Waals surface area (Å²) in [6, 6.07) is 15.8. The second-order valence-electron chi connectivity index (χ2n) is 7.71. The Balaban J connectivity index is 2.02. The maximum Gasteiger partial charge on any atom is 0.119 e. The minimum atomic E-state index is -0.734. The van der Waals surface area contributed by atoms with Gasteiger partial charge in [-0.05, 0) is 54.8 Å². The molecule has 0 aliphatic heterocycles. The minimum Gasteiger partial charge on any atom is -0.493 e. The lowest BCUT2D eigenvalue weighted by molar-refractivity contribution is 0.0229. The third-order valence-electron chi connectivity index (χ3n) is 4.57. The van der Waals surface area contributed by atoms with Crippen molar-refractivity contribution in [3.63, 3.8) is 0 Å². The highest BCUT2D eigenvalue weighted by Crippen LogP contribution is 2.29. The zero-order valence-corrected chi connectivity index (χ0v) is 18.5. The van der Waals surface area contributed by atoms with Gasteiger partial charge in [0.1, 0.15) is 30.8 Å². The van der Waals surface area contributed by atoms with E-state index >= 15 is 0 Å². The second kappa shape index (κ2) is 12.8. The molecular formula is C26H32O5. The van der Waals surface area contributed by atoms with Gasteiger partial charge in [0.05, 0.1) is 13.2 Å². The van der Waals surface area contributed by atoms with Crippen molar-refractivity contribution in [2.75, 3.05) is 33.0 Å². The summed E-state index contributed by atoms with van der Waals surface area (Å²) >= 11 is 0. The van der Waals surface area contributed by atoms with Crippen molar-refractivity contribution < 1.29 is 24.4 Å². The number of rotatable bonds is 12. The number of ether oxygens (including phenoxy) is 3. The normalized spacial score (nSPS) is 12.5. The molecule has 2 aromatic rings. The molecular weight excluding hydrogens is 392 g/mol. The maximum absolute atomic E-state index is 9.86. The number of benzene rings is 2. The Hall–Kier alpha value is -2.78. The summed E-state index contributed by atoms with van der Waals surface area (Å²) in [5, 5.41) is 19.0. The van der Waals surface area contributed by atoms with Crippen LogP contribution in [-0.4, -0.2) is 49.4 Å². The molecule has 5 heteroatoms. The molecule has 0 aromatic heterocycles. The van der Waals surface area contributed by atoms with Crippen molar-refractivity contribution in [1.82, 2.24) is 0 Å². The van der Waals surface area contributed by atoms with Gasteiger partial charge in [-0.25, -0.2) is 0 Å². The molecule has 2 atom stereocenters. The predicted octanol–water partition coefficient (Wildman–Crippen LogP) is 3.93. The molecule has 0 fully saturated rings. The van der Waals surface area contributed by atoms with Gasteiger partial charge in [-0.3, -0.25) is 0 Å². The van der Waals surface area contributed by atoms with Gasteiger partial charge in [0.15, 0.2) is 0 Å². The van der Waals surface area contributed by atoms with E-state index in [1.54, 1.807) is 0 Å². The molecule has 0 saturated heterocycles. The molecule has 166 valence electrons. The van der Waals surface area contributed by atoms with Crippen LogP contribution >= 0.6 is 0 Å². The fraction of sp³-hybridized carbons (Fsp3) is 0.385. The summed E-state index contributed by atoms with van der Waals surface area (Å²) in [7, 11) is 0. The summed E-state index contributed by atoms with van der Waals surface area (Å²) in [6.07, 6.45) is 4.38. The number of aliphatic hydroxyl groups excluding tert-OH is 2. The monoisotopic (exact) mass is 424 g/mol. The first-order chi connectivity index (χ1) is 14.9. The Kier molecular flexibility index (Phi) is 10.1. The largest absolute Gasteiger partial charge is 0.493 e. The lowest BCUT2D eigenvalue weighted by Crippen LogP contribution is -2.23. The summed E-state index contributed by atoms with van der Waals surface area (Å²) < 4.78 is 16.5. The van der Waals surface area contributed by atoms with Crippen molar-refractivity contribution in [1.29, 1.82) is 0 Å². The van der Waals surface area contributed by atoms with Crippen molar-refractivity contribution in [3.05, 3.63) is 65.2 Å². The van der Waals surface area contributed by atoms with Crippen LogP contribution in [0.5, 0.6) is 11.5 Å². The van der Waals surface area contributed by atoms with Crippen LogP contribution in [0, 0.1) is 18.3 Å². The molecule has 31 heavy (non-hydrogen) atoms. The quantitative estimate of drug-likeness (QED) is 0.399. The van der Waals surface area contributed by atoms with Gasteiger partial charge in [0, 0.05) is 12.5 Å². The van der Waals surface area contributed by atoms with Gasteiger partial charge in [0.2, 0.25) is 0 Å². The number of terminal acetylenes is 1. The Labute approximate surface area is 185 Å². The van der Waals surface area contributed by atoms with Crippen molar-refractivity contribution >= 4 is 5.57 Å². The molecule has 5 nitrogen and oxygen atoms in total. The first-order valence-electron chi connectivity index (χ1n) is 10.4. The number of allylic oxidation sites excluding steroid dienone is 1. The van der Waals surface area contributed by atoms with E-state index in [9.17, 15) is 5.11 Å². The third-order valence-corrected chi connectivity index (χ3v) is 4.57. The van der Waals surface area contributed by atoms with Crippen LogP contribution in [-0.2, 0) is 4.74 Å². The average molecular weight is 425 g/mol. The highest BCUT2D eigenvalue weighted by atomic mass is 16.5. The van der Waals surface area contributed by atoms with Crippen LogP contribution < -0.4 is 9.47 Å². The summed E-state index contributed by atoms with van der Waals surface area (Å²) in [5.74, 6) is 3.92. The van der Waals surface area contributed by atoms with Gasteiger partial charge in [0.25, 0.3) is 0 Å². The summed E-state index contributed by atoms with van der Waals surface area (Å²) in [4.78, 5) is 0. The topological polar surface area (TPSA) is 68.2 Å². The molecule has 0 aliphatic carbocycles. The van der Waals surface area contributed by atoms with Gasteiger partial charge < -0.3 is 24.4 Å². The van der Waals surface area contributed by atoms with E-state index in [0.29, 0.717) is 12.4 Å². The molecule has 0 radical (unpaired) electrons. The molecule has 2 rings (SSSR count). The van der Waals surface area contributed by atoms with E-state index in [1.807, 2.05) is 55.5 Å². The maximum atomic E-state index is 9.86. The van der Waals surface area contributed by atoms with E-state index in [0.717, 1.165) is 22.4 Å². The Bertz CT molecular complexity index is 858. The van der Waals surface area contributed by atoms with Gasteiger partial charge in [-0.2, -0.15) is 0 Å². The van der Waals surface area contributed by atoms with E-state index in [4.69, 9.17) is 25.7 Å². The van der Waals surface area contributed by atoms with Crippen molar-refractivity contribution in [2.45, 2.75) is 26.9 Å². The lowest BCUT2D eigenvalue weighted by Gasteiger charge is -2.15. The zero-order chi connectivity index (χ0) is 22.6. The molecule has 2 N–H and O–H groups in total. The van der Waals surface area contributed by atoms with Gasteiger partial charge >= 0.3 is 0 Å². The first-order valence-corrected chi connectivity index (χ1v) is 10.4. The molecule has 0 heterocycles. The van der Waals surface area contributed by atoms with E-state index in [-0.39, 0.29) is 32.3 Å². The van der Waals surface area contributed by atoms with E-state index < -0.39 is 6.10 Å². The molecule has 0 aliphatic rings. The Morgan fingerprint density at radius 2 is 1.42 bits per heavy atom. The highest BCUT2D eigenvalue weighted by molar-refractivity contribution is 5.82. The standard InChI is InChI=1S/C26H32O5/c1-5-14-29-17-23(28)18-31-25-12-8-22(9-13-25)26(19(2)3)21-6-10-24(11-7-21)30-16-20(4)15-27/h1,6-13,20,23,27-28H,14-18H2,2-4H3. The molecule has 0 bridgehead atoms. The SMILES string of the molecule is C#CCOCC(O)COc1ccc(C(=C(C)C)c2ccc(OCC(C)CO)cc2)cc1. The molecule has 2 unspecified atom stereocenters. The van der Waals surface area contributed by atoms with E-state index in [1.165, 1.54) is 5.57 Å². The molecule has 0 saturated carbocycles. The van der Waals surface area contributed by atoms with Crippen LogP contribution in [0.1, 0.15) is 31.9 Å². The van der Waals surface area contributed by atoms with Crippen LogP contribution in [0.3, 0.4) is 0 Å². The summed E-state index contributed by atoms with van der Waals surface area (Å²) in [6.45, 7) is 7.15. The smallest absolute Gasteiger partial charge is 0.119 e. The number of hydrogen-bond acceptors (Lipinski definition) is 5. The molecule has 2 aromatic carbocycles. The van der Waals surface area contributed by atoms with Gasteiger partial charge in [-0.1, -0.05) is 42.7 Å².